The summed E-state index contributed by atoms with van der Waals surface area (Å²) < 4.78 is 2.08. The number of fused-ring (bicyclic) bond motifs is 1. The summed E-state index contributed by atoms with van der Waals surface area (Å²) in [5.41, 5.74) is 8.12. The van der Waals surface area contributed by atoms with E-state index in [0.29, 0.717) is 0 Å². The summed E-state index contributed by atoms with van der Waals surface area (Å²) in [7, 11) is 0. The van der Waals surface area contributed by atoms with E-state index in [0.717, 1.165) is 33.1 Å². The fraction of sp³-hybridized carbons (Fsp3) is 0.0556. The van der Waals surface area contributed by atoms with Crippen molar-refractivity contribution in [1.82, 2.24) is 14.5 Å². The van der Waals surface area contributed by atoms with Gasteiger partial charge in [-0.05, 0) is 36.8 Å². The van der Waals surface area contributed by atoms with E-state index in [4.69, 9.17) is 0 Å². The number of hydrazone groups is 1. The van der Waals surface area contributed by atoms with Gasteiger partial charge in [-0.1, -0.05) is 24.3 Å². The number of hydrogen-bond donors (Lipinski definition) is 1. The van der Waals surface area contributed by atoms with Crippen LogP contribution in [0, 0.1) is 6.92 Å². The van der Waals surface area contributed by atoms with Crippen molar-refractivity contribution in [2.75, 3.05) is 5.43 Å². The highest BCUT2D eigenvalue weighted by Crippen LogP contribution is 2.18. The number of para-hydroxylation sites is 2. The zero-order chi connectivity index (χ0) is 16.4. The summed E-state index contributed by atoms with van der Waals surface area (Å²) in [5, 5.41) is 7.01. The Balaban J connectivity index is 1.52. The molecule has 0 aliphatic rings. The first-order chi connectivity index (χ1) is 11.8. The SMILES string of the molecule is Cc1csc(NN=Cc2ccc(-n3cnc4ccccc43)cc2)n1. The minimum atomic E-state index is 0.797. The Hall–Kier alpha value is -2.99. The number of anilines is 1. The Morgan fingerprint density at radius 1 is 1.12 bits per heavy atom. The van der Waals surface area contributed by atoms with Crippen LogP contribution in [-0.2, 0) is 0 Å². The van der Waals surface area contributed by atoms with Gasteiger partial charge in [0.1, 0.15) is 6.33 Å². The van der Waals surface area contributed by atoms with E-state index >= 15 is 0 Å². The van der Waals surface area contributed by atoms with E-state index in [2.05, 4.69) is 43.3 Å². The van der Waals surface area contributed by atoms with Crippen LogP contribution in [0.2, 0.25) is 0 Å². The number of nitrogens with one attached hydrogen (secondary N) is 1. The summed E-state index contributed by atoms with van der Waals surface area (Å²) in [6.07, 6.45) is 3.63. The lowest BCUT2D eigenvalue weighted by Gasteiger charge is -2.04. The molecule has 0 saturated heterocycles. The summed E-state index contributed by atoms with van der Waals surface area (Å²) in [5.74, 6) is 0. The molecule has 2 aromatic heterocycles. The molecule has 5 nitrogen and oxygen atoms in total. The first-order valence-corrected chi connectivity index (χ1v) is 8.41. The van der Waals surface area contributed by atoms with E-state index < -0.39 is 0 Å². The van der Waals surface area contributed by atoms with Crippen LogP contribution in [-0.4, -0.2) is 20.7 Å². The maximum atomic E-state index is 4.42. The van der Waals surface area contributed by atoms with Crippen molar-refractivity contribution in [2.45, 2.75) is 6.92 Å². The highest BCUT2D eigenvalue weighted by Gasteiger charge is 2.03. The summed E-state index contributed by atoms with van der Waals surface area (Å²) in [6.45, 7) is 1.96. The van der Waals surface area contributed by atoms with Crippen molar-refractivity contribution in [3.63, 3.8) is 0 Å². The van der Waals surface area contributed by atoms with E-state index in [-0.39, 0.29) is 0 Å². The molecule has 0 aliphatic heterocycles. The van der Waals surface area contributed by atoms with Crippen LogP contribution in [0.3, 0.4) is 0 Å². The molecule has 24 heavy (non-hydrogen) atoms. The van der Waals surface area contributed by atoms with E-state index in [1.54, 1.807) is 17.6 Å². The van der Waals surface area contributed by atoms with E-state index in [9.17, 15) is 0 Å². The fourth-order valence-electron chi connectivity index (χ4n) is 2.45. The van der Waals surface area contributed by atoms with Gasteiger partial charge in [0, 0.05) is 11.1 Å². The maximum absolute atomic E-state index is 4.42. The number of thiazole rings is 1. The Morgan fingerprint density at radius 2 is 1.96 bits per heavy atom. The van der Waals surface area contributed by atoms with Crippen LogP contribution in [0.4, 0.5) is 5.13 Å². The highest BCUT2D eigenvalue weighted by atomic mass is 32.1. The standard InChI is InChI=1S/C18H15N5S/c1-13-11-24-18(21-13)22-20-10-14-6-8-15(9-7-14)23-12-19-16-4-2-3-5-17(16)23/h2-12H,1H3,(H,21,22). The van der Waals surface area contributed by atoms with Crippen molar-refractivity contribution in [1.29, 1.82) is 0 Å². The van der Waals surface area contributed by atoms with Gasteiger partial charge in [-0.2, -0.15) is 5.10 Å². The number of aromatic nitrogens is 3. The smallest absolute Gasteiger partial charge is 0.203 e. The van der Waals surface area contributed by atoms with E-state index in [1.165, 1.54) is 0 Å². The molecule has 0 aliphatic carbocycles. The molecule has 0 spiro atoms. The molecule has 2 aromatic carbocycles. The first-order valence-electron chi connectivity index (χ1n) is 7.53. The number of imidazole rings is 1. The van der Waals surface area contributed by atoms with Crippen LogP contribution in [0.25, 0.3) is 16.7 Å². The van der Waals surface area contributed by atoms with Gasteiger partial charge in [0.2, 0.25) is 5.13 Å². The number of aryl methyl sites for hydroxylation is 1. The zero-order valence-electron chi connectivity index (χ0n) is 13.0. The Kier molecular flexibility index (Phi) is 3.80. The molecule has 0 atom stereocenters. The van der Waals surface area contributed by atoms with Crippen LogP contribution >= 0.6 is 11.3 Å². The molecule has 0 bridgehead atoms. The Labute approximate surface area is 143 Å². The number of hydrogen-bond acceptors (Lipinski definition) is 5. The van der Waals surface area contributed by atoms with Crippen molar-refractivity contribution in [2.24, 2.45) is 5.10 Å². The lowest BCUT2D eigenvalue weighted by Crippen LogP contribution is -1.93. The lowest BCUT2D eigenvalue weighted by atomic mass is 10.2. The summed E-state index contributed by atoms with van der Waals surface area (Å²) in [4.78, 5) is 8.73. The van der Waals surface area contributed by atoms with E-state index in [1.807, 2.05) is 49.0 Å². The third kappa shape index (κ3) is 2.91. The van der Waals surface area contributed by atoms with Gasteiger partial charge in [0.05, 0.1) is 22.9 Å². The predicted molar refractivity (Wildman–Crippen MR) is 99.1 cm³/mol. The quantitative estimate of drug-likeness (QED) is 0.449. The summed E-state index contributed by atoms with van der Waals surface area (Å²) in [6, 6.07) is 16.3. The average molecular weight is 333 g/mol. The predicted octanol–water partition coefficient (Wildman–Crippen LogP) is 4.24. The third-order valence-electron chi connectivity index (χ3n) is 3.62. The molecular formula is C18H15N5S. The first kappa shape index (κ1) is 14.6. The van der Waals surface area contributed by atoms with Gasteiger partial charge in [0.15, 0.2) is 0 Å². The van der Waals surface area contributed by atoms with Crippen LogP contribution in [0.1, 0.15) is 11.3 Å². The third-order valence-corrected chi connectivity index (χ3v) is 4.48. The van der Waals surface area contributed by atoms with Gasteiger partial charge in [-0.25, -0.2) is 9.97 Å². The van der Waals surface area contributed by atoms with Crippen LogP contribution in [0.15, 0.2) is 65.3 Å². The van der Waals surface area contributed by atoms with Gasteiger partial charge >= 0.3 is 0 Å². The van der Waals surface area contributed by atoms with Gasteiger partial charge in [0.25, 0.3) is 0 Å². The molecular weight excluding hydrogens is 318 g/mol. The molecule has 0 fully saturated rings. The molecule has 0 unspecified atom stereocenters. The minimum Gasteiger partial charge on any atom is -0.299 e. The summed E-state index contributed by atoms with van der Waals surface area (Å²) >= 11 is 1.54. The molecule has 1 N–H and O–H groups in total. The highest BCUT2D eigenvalue weighted by molar-refractivity contribution is 7.13. The largest absolute Gasteiger partial charge is 0.299 e. The molecule has 6 heteroatoms. The second-order valence-corrected chi connectivity index (χ2v) is 6.22. The van der Waals surface area contributed by atoms with Gasteiger partial charge in [-0.15, -0.1) is 11.3 Å². The zero-order valence-corrected chi connectivity index (χ0v) is 13.9. The maximum Gasteiger partial charge on any atom is 0.203 e. The fourth-order valence-corrected chi connectivity index (χ4v) is 3.09. The van der Waals surface area contributed by atoms with Gasteiger partial charge < -0.3 is 0 Å². The molecule has 4 rings (SSSR count). The van der Waals surface area contributed by atoms with Crippen LogP contribution in [0.5, 0.6) is 0 Å². The van der Waals surface area contributed by atoms with Crippen molar-refractivity contribution in [3.8, 4) is 5.69 Å². The van der Waals surface area contributed by atoms with Crippen LogP contribution < -0.4 is 5.43 Å². The molecule has 0 saturated carbocycles. The molecule has 118 valence electrons. The molecule has 4 aromatic rings. The molecule has 2 heterocycles. The normalized spacial score (nSPS) is 11.4. The second kappa shape index (κ2) is 6.25. The molecule has 0 radical (unpaired) electrons. The van der Waals surface area contributed by atoms with Crippen molar-refractivity contribution < 1.29 is 0 Å². The Morgan fingerprint density at radius 3 is 2.75 bits per heavy atom. The topological polar surface area (TPSA) is 55.1 Å². The van der Waals surface area contributed by atoms with Crippen molar-refractivity contribution in [3.05, 3.63) is 71.5 Å². The molecule has 0 amide bonds. The lowest BCUT2D eigenvalue weighted by molar-refractivity contribution is 1.09. The minimum absolute atomic E-state index is 0.797. The number of benzene rings is 2. The monoisotopic (exact) mass is 333 g/mol. The number of rotatable bonds is 4. The Bertz CT molecular complexity index is 998. The average Bonchev–Trinajstić information content (AvgIpc) is 3.22. The number of nitrogens with zero attached hydrogens (tertiary/aromatic N) is 4. The van der Waals surface area contributed by atoms with Crippen molar-refractivity contribution >= 4 is 33.7 Å². The second-order valence-electron chi connectivity index (χ2n) is 5.36. The van der Waals surface area contributed by atoms with Gasteiger partial charge in [-0.3, -0.25) is 9.99 Å².